The van der Waals surface area contributed by atoms with Crippen molar-refractivity contribution < 1.29 is 14.3 Å². The summed E-state index contributed by atoms with van der Waals surface area (Å²) in [4.78, 5) is 24.4. The lowest BCUT2D eigenvalue weighted by molar-refractivity contribution is 0.0921. The van der Waals surface area contributed by atoms with Crippen LogP contribution in [-0.2, 0) is 0 Å². The minimum atomic E-state index is -0.168. The van der Waals surface area contributed by atoms with Crippen LogP contribution in [0.25, 0.3) is 0 Å². The van der Waals surface area contributed by atoms with Crippen molar-refractivity contribution in [2.75, 3.05) is 11.9 Å². The second kappa shape index (κ2) is 8.32. The first-order valence-electron chi connectivity index (χ1n) is 8.72. The van der Waals surface area contributed by atoms with E-state index in [1.807, 2.05) is 38.1 Å². The second-order valence-corrected chi connectivity index (χ2v) is 6.42. The van der Waals surface area contributed by atoms with E-state index in [1.54, 1.807) is 48.5 Å². The Morgan fingerprint density at radius 3 is 1.81 bits per heavy atom. The molecule has 0 fully saturated rings. The van der Waals surface area contributed by atoms with Gasteiger partial charge in [-0.05, 0) is 50.2 Å². The molecule has 0 heterocycles. The summed E-state index contributed by atoms with van der Waals surface area (Å²) in [6, 6.07) is 21.7. The first-order valence-corrected chi connectivity index (χ1v) is 8.72. The van der Waals surface area contributed by atoms with Crippen molar-refractivity contribution in [1.29, 1.82) is 0 Å². The lowest BCUT2D eigenvalue weighted by atomic mass is 10.1. The quantitative estimate of drug-likeness (QED) is 0.642. The number of ketones is 1. The summed E-state index contributed by atoms with van der Waals surface area (Å²) in [6.45, 7) is 3.92. The Kier molecular flexibility index (Phi) is 5.67. The largest absolute Gasteiger partial charge is 0.485 e. The molecule has 136 valence electrons. The molecule has 4 heteroatoms. The maximum atomic E-state index is 12.2. The zero-order valence-corrected chi connectivity index (χ0v) is 15.4. The fourth-order valence-electron chi connectivity index (χ4n) is 2.51. The average molecular weight is 359 g/mol. The van der Waals surface area contributed by atoms with Crippen LogP contribution < -0.4 is 10.1 Å². The summed E-state index contributed by atoms with van der Waals surface area (Å²) in [5.74, 6) is 0.328. The Hall–Kier alpha value is -3.40. The number of hydrogen-bond acceptors (Lipinski definition) is 3. The molecule has 27 heavy (non-hydrogen) atoms. The lowest BCUT2D eigenvalue weighted by Gasteiger charge is -2.08. The molecule has 0 atom stereocenters. The first kappa shape index (κ1) is 18.4. The number of ether oxygens (including phenoxy) is 1. The molecular weight excluding hydrogens is 338 g/mol. The van der Waals surface area contributed by atoms with Crippen LogP contribution in [0.1, 0.15) is 31.8 Å². The van der Waals surface area contributed by atoms with Crippen LogP contribution in [0.3, 0.4) is 0 Å². The molecule has 3 aromatic rings. The number of amides is 1. The van der Waals surface area contributed by atoms with E-state index in [1.165, 1.54) is 0 Å². The van der Waals surface area contributed by atoms with E-state index in [-0.39, 0.29) is 18.3 Å². The van der Waals surface area contributed by atoms with Crippen LogP contribution >= 0.6 is 0 Å². The third-order valence-electron chi connectivity index (χ3n) is 4.17. The zero-order valence-electron chi connectivity index (χ0n) is 15.4. The van der Waals surface area contributed by atoms with Gasteiger partial charge in [0, 0.05) is 16.8 Å². The highest BCUT2D eigenvalue weighted by molar-refractivity contribution is 6.04. The number of aryl methyl sites for hydroxylation is 2. The molecule has 4 nitrogen and oxygen atoms in total. The van der Waals surface area contributed by atoms with Crippen molar-refractivity contribution in [2.45, 2.75) is 13.8 Å². The van der Waals surface area contributed by atoms with E-state index in [9.17, 15) is 9.59 Å². The normalized spacial score (nSPS) is 10.3. The maximum absolute atomic E-state index is 12.2. The monoisotopic (exact) mass is 359 g/mol. The fourth-order valence-corrected chi connectivity index (χ4v) is 2.51. The van der Waals surface area contributed by atoms with Crippen LogP contribution in [0.4, 0.5) is 5.69 Å². The number of rotatable bonds is 6. The minimum Gasteiger partial charge on any atom is -0.485 e. The van der Waals surface area contributed by atoms with Gasteiger partial charge >= 0.3 is 0 Å². The van der Waals surface area contributed by atoms with Crippen LogP contribution in [0.2, 0.25) is 0 Å². The summed E-state index contributed by atoms with van der Waals surface area (Å²) < 4.78 is 5.55. The highest BCUT2D eigenvalue weighted by Crippen LogP contribution is 2.17. The van der Waals surface area contributed by atoms with Gasteiger partial charge in [-0.15, -0.1) is 0 Å². The van der Waals surface area contributed by atoms with Crippen molar-refractivity contribution in [2.24, 2.45) is 0 Å². The van der Waals surface area contributed by atoms with Crippen LogP contribution in [0, 0.1) is 13.8 Å². The van der Waals surface area contributed by atoms with E-state index in [4.69, 9.17) is 4.74 Å². The third kappa shape index (κ3) is 5.05. The van der Waals surface area contributed by atoms with Crippen molar-refractivity contribution in [3.8, 4) is 5.75 Å². The van der Waals surface area contributed by atoms with Gasteiger partial charge in [0.25, 0.3) is 5.91 Å². The van der Waals surface area contributed by atoms with E-state index < -0.39 is 0 Å². The molecule has 0 radical (unpaired) electrons. The van der Waals surface area contributed by atoms with Crippen molar-refractivity contribution in [1.82, 2.24) is 0 Å². The van der Waals surface area contributed by atoms with Gasteiger partial charge in [0.15, 0.2) is 12.4 Å². The molecule has 0 saturated heterocycles. The van der Waals surface area contributed by atoms with Crippen molar-refractivity contribution in [3.63, 3.8) is 0 Å². The third-order valence-corrected chi connectivity index (χ3v) is 4.17. The molecule has 3 rings (SSSR count). The van der Waals surface area contributed by atoms with Crippen LogP contribution in [-0.4, -0.2) is 18.3 Å². The number of anilines is 1. The summed E-state index contributed by atoms with van der Waals surface area (Å²) in [5, 5.41) is 2.84. The number of benzene rings is 3. The predicted molar refractivity (Wildman–Crippen MR) is 107 cm³/mol. The molecule has 0 unspecified atom stereocenters. The van der Waals surface area contributed by atoms with E-state index in [2.05, 4.69) is 5.32 Å². The van der Waals surface area contributed by atoms with Gasteiger partial charge in [-0.2, -0.15) is 0 Å². The molecule has 1 N–H and O–H groups in total. The number of carbonyl (C=O) groups excluding carboxylic acids is 2. The Morgan fingerprint density at radius 1 is 0.741 bits per heavy atom. The molecule has 0 spiro atoms. The molecular formula is C23H21NO3. The number of carbonyl (C=O) groups is 2. The van der Waals surface area contributed by atoms with Gasteiger partial charge in [0.2, 0.25) is 0 Å². The summed E-state index contributed by atoms with van der Waals surface area (Å²) >= 11 is 0. The Balaban J connectivity index is 1.55. The SMILES string of the molecule is Cc1ccc(C(=O)COc2ccc(NC(=O)c3ccc(C)cc3)cc2)cc1. The fraction of sp³-hybridized carbons (Fsp3) is 0.130. The zero-order chi connectivity index (χ0) is 19.2. The molecule has 0 aromatic heterocycles. The van der Waals surface area contributed by atoms with E-state index >= 15 is 0 Å². The lowest BCUT2D eigenvalue weighted by Crippen LogP contribution is -2.12. The van der Waals surface area contributed by atoms with Crippen molar-refractivity contribution in [3.05, 3.63) is 95.1 Å². The molecule has 0 bridgehead atoms. The molecule has 0 saturated carbocycles. The van der Waals surface area contributed by atoms with Gasteiger partial charge < -0.3 is 10.1 Å². The first-order chi connectivity index (χ1) is 13.0. The van der Waals surface area contributed by atoms with Gasteiger partial charge in [0.05, 0.1) is 0 Å². The molecule has 3 aromatic carbocycles. The van der Waals surface area contributed by atoms with Gasteiger partial charge in [-0.25, -0.2) is 0 Å². The predicted octanol–water partition coefficient (Wildman–Crippen LogP) is 4.82. The average Bonchev–Trinajstić information content (AvgIpc) is 2.68. The standard InChI is InChI=1S/C23H21NO3/c1-16-3-7-18(8-4-16)22(25)15-27-21-13-11-20(12-14-21)24-23(26)19-9-5-17(2)6-10-19/h3-14H,15H2,1-2H3,(H,24,26). The number of hydrogen-bond donors (Lipinski definition) is 1. The highest BCUT2D eigenvalue weighted by atomic mass is 16.5. The molecule has 0 aliphatic rings. The number of nitrogens with one attached hydrogen (secondary N) is 1. The van der Waals surface area contributed by atoms with E-state index in [0.717, 1.165) is 11.1 Å². The number of Topliss-reactive ketones (excluding diaryl/α,β-unsaturated/α-hetero) is 1. The summed E-state index contributed by atoms with van der Waals surface area (Å²) in [5.41, 5.74) is 4.11. The summed E-state index contributed by atoms with van der Waals surface area (Å²) in [7, 11) is 0. The maximum Gasteiger partial charge on any atom is 0.255 e. The molecule has 0 aliphatic carbocycles. The molecule has 0 aliphatic heterocycles. The van der Waals surface area contributed by atoms with Gasteiger partial charge in [-0.1, -0.05) is 47.5 Å². The highest BCUT2D eigenvalue weighted by Gasteiger charge is 2.08. The summed E-state index contributed by atoms with van der Waals surface area (Å²) in [6.07, 6.45) is 0. The smallest absolute Gasteiger partial charge is 0.255 e. The van der Waals surface area contributed by atoms with Crippen LogP contribution in [0.5, 0.6) is 5.75 Å². The minimum absolute atomic E-state index is 0.0296. The van der Waals surface area contributed by atoms with Gasteiger partial charge in [-0.3, -0.25) is 9.59 Å². The van der Waals surface area contributed by atoms with Gasteiger partial charge in [0.1, 0.15) is 5.75 Å². The molecule has 1 amide bonds. The topological polar surface area (TPSA) is 55.4 Å². The Morgan fingerprint density at radius 2 is 1.26 bits per heavy atom. The Labute approximate surface area is 158 Å². The van der Waals surface area contributed by atoms with Crippen molar-refractivity contribution >= 4 is 17.4 Å². The second-order valence-electron chi connectivity index (χ2n) is 6.42. The van der Waals surface area contributed by atoms with Crippen LogP contribution in [0.15, 0.2) is 72.8 Å². The van der Waals surface area contributed by atoms with E-state index in [0.29, 0.717) is 22.6 Å². The Bertz CT molecular complexity index is 927.